The molecule has 0 spiro atoms. The van der Waals surface area contributed by atoms with Gasteiger partial charge < -0.3 is 9.64 Å². The molecular formula is C22H29NO2. The summed E-state index contributed by atoms with van der Waals surface area (Å²) in [5.74, 6) is 0.264. The fraction of sp³-hybridized carbons (Fsp3) is 0.409. The van der Waals surface area contributed by atoms with Crippen LogP contribution in [0.1, 0.15) is 43.4 Å². The Morgan fingerprint density at radius 1 is 0.960 bits per heavy atom. The van der Waals surface area contributed by atoms with Crippen LogP contribution in [-0.4, -0.2) is 31.5 Å². The van der Waals surface area contributed by atoms with Crippen LogP contribution in [0.15, 0.2) is 60.7 Å². The topological polar surface area (TPSA) is 29.5 Å². The van der Waals surface area contributed by atoms with Gasteiger partial charge in [0, 0.05) is 18.9 Å². The van der Waals surface area contributed by atoms with E-state index in [1.807, 2.05) is 43.3 Å². The van der Waals surface area contributed by atoms with Crippen molar-refractivity contribution < 1.29 is 9.53 Å². The van der Waals surface area contributed by atoms with Crippen molar-refractivity contribution in [1.29, 1.82) is 0 Å². The highest BCUT2D eigenvalue weighted by atomic mass is 16.5. The molecule has 0 fully saturated rings. The highest BCUT2D eigenvalue weighted by molar-refractivity contribution is 5.69. The second kappa shape index (κ2) is 9.38. The lowest BCUT2D eigenvalue weighted by atomic mass is 9.80. The van der Waals surface area contributed by atoms with Crippen LogP contribution in [-0.2, 0) is 9.53 Å². The zero-order valence-corrected chi connectivity index (χ0v) is 15.7. The van der Waals surface area contributed by atoms with Crippen molar-refractivity contribution in [2.75, 3.05) is 20.6 Å². The lowest BCUT2D eigenvalue weighted by Gasteiger charge is -2.33. The van der Waals surface area contributed by atoms with Gasteiger partial charge in [-0.15, -0.1) is 0 Å². The van der Waals surface area contributed by atoms with Crippen molar-refractivity contribution in [3.8, 4) is 0 Å². The number of benzene rings is 2. The lowest BCUT2D eigenvalue weighted by Crippen LogP contribution is -2.30. The molecule has 0 bridgehead atoms. The third-order valence-electron chi connectivity index (χ3n) is 4.45. The predicted octanol–water partition coefficient (Wildman–Crippen LogP) is 4.66. The lowest BCUT2D eigenvalue weighted by molar-refractivity contribution is -0.151. The highest BCUT2D eigenvalue weighted by Crippen LogP contribution is 2.40. The van der Waals surface area contributed by atoms with Crippen molar-refractivity contribution in [2.24, 2.45) is 5.92 Å². The Balaban J connectivity index is 2.46. The Morgan fingerprint density at radius 3 is 1.96 bits per heavy atom. The van der Waals surface area contributed by atoms with Crippen LogP contribution in [0, 0.1) is 5.92 Å². The molecule has 0 aliphatic rings. The van der Waals surface area contributed by atoms with E-state index in [1.165, 1.54) is 5.56 Å². The molecule has 134 valence electrons. The molecule has 0 amide bonds. The molecule has 25 heavy (non-hydrogen) atoms. The number of rotatable bonds is 8. The van der Waals surface area contributed by atoms with Gasteiger partial charge in [-0.2, -0.15) is 0 Å². The summed E-state index contributed by atoms with van der Waals surface area (Å²) in [6.45, 7) is 4.99. The van der Waals surface area contributed by atoms with Crippen LogP contribution in [0.2, 0.25) is 0 Å². The standard InChI is InChI=1S/C22H29NO2/c1-5-20(24)25-22(19-14-10-7-11-15-19)21(17(2)16-23(3)4)18-12-8-6-9-13-18/h6-15,17,21-22H,5,16H2,1-4H3. The van der Waals surface area contributed by atoms with Gasteiger partial charge in [0.2, 0.25) is 0 Å². The SMILES string of the molecule is CCC(=O)OC(c1ccccc1)C(c1ccccc1)C(C)CN(C)C. The first kappa shape index (κ1) is 19.2. The third-order valence-corrected chi connectivity index (χ3v) is 4.45. The molecule has 0 radical (unpaired) electrons. The summed E-state index contributed by atoms with van der Waals surface area (Å²) < 4.78 is 5.95. The van der Waals surface area contributed by atoms with E-state index in [-0.39, 0.29) is 18.0 Å². The first-order valence-electron chi connectivity index (χ1n) is 8.97. The molecule has 0 aromatic heterocycles. The molecular weight excluding hydrogens is 310 g/mol. The number of esters is 1. The number of carbonyl (C=O) groups is 1. The van der Waals surface area contributed by atoms with Crippen molar-refractivity contribution in [1.82, 2.24) is 4.90 Å². The Kier molecular flexibility index (Phi) is 7.20. The number of nitrogens with zero attached hydrogens (tertiary/aromatic N) is 1. The van der Waals surface area contributed by atoms with Gasteiger partial charge >= 0.3 is 5.97 Å². The van der Waals surface area contributed by atoms with Crippen LogP contribution in [0.5, 0.6) is 0 Å². The zero-order chi connectivity index (χ0) is 18.2. The van der Waals surface area contributed by atoms with Gasteiger partial charge in [-0.1, -0.05) is 74.5 Å². The van der Waals surface area contributed by atoms with Crippen molar-refractivity contribution in [3.63, 3.8) is 0 Å². The summed E-state index contributed by atoms with van der Waals surface area (Å²) in [6, 6.07) is 20.5. The van der Waals surface area contributed by atoms with Gasteiger partial charge in [0.1, 0.15) is 6.10 Å². The van der Waals surface area contributed by atoms with Crippen LogP contribution in [0.25, 0.3) is 0 Å². The maximum absolute atomic E-state index is 12.1. The zero-order valence-electron chi connectivity index (χ0n) is 15.7. The van der Waals surface area contributed by atoms with Gasteiger partial charge in [-0.3, -0.25) is 4.79 Å². The van der Waals surface area contributed by atoms with E-state index in [1.54, 1.807) is 0 Å². The molecule has 0 aliphatic carbocycles. The quantitative estimate of drug-likeness (QED) is 0.655. The van der Waals surface area contributed by atoms with E-state index in [0.717, 1.165) is 12.1 Å². The molecule has 0 heterocycles. The van der Waals surface area contributed by atoms with E-state index in [2.05, 4.69) is 50.2 Å². The van der Waals surface area contributed by atoms with Crippen LogP contribution >= 0.6 is 0 Å². The minimum atomic E-state index is -0.286. The fourth-order valence-electron chi connectivity index (χ4n) is 3.38. The maximum atomic E-state index is 12.1. The van der Waals surface area contributed by atoms with E-state index in [4.69, 9.17) is 4.74 Å². The monoisotopic (exact) mass is 339 g/mol. The first-order chi connectivity index (χ1) is 12.0. The number of carbonyl (C=O) groups excluding carboxylic acids is 1. The van der Waals surface area contributed by atoms with Gasteiger partial charge in [-0.25, -0.2) is 0 Å². The third kappa shape index (κ3) is 5.43. The second-order valence-corrected chi connectivity index (χ2v) is 6.85. The van der Waals surface area contributed by atoms with E-state index in [9.17, 15) is 4.79 Å². The predicted molar refractivity (Wildman–Crippen MR) is 102 cm³/mol. The van der Waals surface area contributed by atoms with Gasteiger partial charge in [0.15, 0.2) is 0 Å². The average molecular weight is 339 g/mol. The molecule has 2 aromatic rings. The van der Waals surface area contributed by atoms with E-state index >= 15 is 0 Å². The molecule has 0 saturated heterocycles. The van der Waals surface area contributed by atoms with Crippen molar-refractivity contribution in [3.05, 3.63) is 71.8 Å². The molecule has 2 aromatic carbocycles. The molecule has 0 N–H and O–H groups in total. The van der Waals surface area contributed by atoms with Gasteiger partial charge in [0.05, 0.1) is 0 Å². The summed E-state index contributed by atoms with van der Waals surface area (Å²) >= 11 is 0. The Bertz CT molecular complexity index is 640. The van der Waals surface area contributed by atoms with Crippen molar-refractivity contribution >= 4 is 5.97 Å². The first-order valence-corrected chi connectivity index (χ1v) is 8.97. The summed E-state index contributed by atoms with van der Waals surface area (Å²) in [5, 5.41) is 0. The molecule has 3 heteroatoms. The maximum Gasteiger partial charge on any atom is 0.306 e. The average Bonchev–Trinajstić information content (AvgIpc) is 2.62. The van der Waals surface area contributed by atoms with Gasteiger partial charge in [0.25, 0.3) is 0 Å². The number of hydrogen-bond acceptors (Lipinski definition) is 3. The molecule has 3 atom stereocenters. The van der Waals surface area contributed by atoms with E-state index in [0.29, 0.717) is 12.3 Å². The molecule has 3 nitrogen and oxygen atoms in total. The number of hydrogen-bond donors (Lipinski definition) is 0. The summed E-state index contributed by atoms with van der Waals surface area (Å²) in [7, 11) is 4.16. The summed E-state index contributed by atoms with van der Waals surface area (Å²) in [6.07, 6.45) is 0.0957. The summed E-state index contributed by atoms with van der Waals surface area (Å²) in [5.41, 5.74) is 2.25. The minimum Gasteiger partial charge on any atom is -0.457 e. The van der Waals surface area contributed by atoms with E-state index < -0.39 is 0 Å². The van der Waals surface area contributed by atoms with Crippen LogP contribution in [0.3, 0.4) is 0 Å². The van der Waals surface area contributed by atoms with Crippen LogP contribution in [0.4, 0.5) is 0 Å². The molecule has 0 aliphatic heterocycles. The second-order valence-electron chi connectivity index (χ2n) is 6.85. The molecule has 2 rings (SSSR count). The van der Waals surface area contributed by atoms with Crippen LogP contribution < -0.4 is 0 Å². The molecule has 0 saturated carbocycles. The smallest absolute Gasteiger partial charge is 0.306 e. The highest BCUT2D eigenvalue weighted by Gasteiger charge is 2.32. The minimum absolute atomic E-state index is 0.0986. The molecule has 3 unspecified atom stereocenters. The largest absolute Gasteiger partial charge is 0.457 e. The van der Waals surface area contributed by atoms with Crippen molar-refractivity contribution in [2.45, 2.75) is 32.3 Å². The Hall–Kier alpha value is -2.13. The fourth-order valence-corrected chi connectivity index (χ4v) is 3.38. The normalized spacial score (nSPS) is 14.8. The number of ether oxygens (including phenoxy) is 1. The van der Waals surface area contributed by atoms with Gasteiger partial charge in [-0.05, 0) is 31.1 Å². The Morgan fingerprint density at radius 2 is 1.48 bits per heavy atom. The Labute approximate surface area is 151 Å². The summed E-state index contributed by atoms with van der Waals surface area (Å²) in [4.78, 5) is 14.3.